The number of carbonyl (C=O) groups excluding carboxylic acids is 2. The lowest BCUT2D eigenvalue weighted by molar-refractivity contribution is -0.118. The second-order valence-electron chi connectivity index (χ2n) is 19.9. The largest absolute Gasteiger partial charge is 0.346 e. The van der Waals surface area contributed by atoms with Gasteiger partial charge < -0.3 is 10.6 Å². The van der Waals surface area contributed by atoms with E-state index < -0.39 is 5.54 Å². The highest BCUT2D eigenvalue weighted by molar-refractivity contribution is 6.15. The van der Waals surface area contributed by atoms with Crippen molar-refractivity contribution >= 4 is 40.6 Å². The molecule has 0 spiro atoms. The summed E-state index contributed by atoms with van der Waals surface area (Å²) in [6, 6.07) is 68.6. The minimum absolute atomic E-state index is 0.000682. The number of hydrogen-bond acceptors (Lipinski definition) is 6. The summed E-state index contributed by atoms with van der Waals surface area (Å²) in [6.07, 6.45) is 12.5. The van der Waals surface area contributed by atoms with E-state index in [1.165, 1.54) is 11.1 Å². The highest BCUT2D eigenvalue weighted by atomic mass is 16.2. The molecule has 9 nitrogen and oxygen atoms in total. The molecule has 3 aliphatic rings. The van der Waals surface area contributed by atoms with Crippen molar-refractivity contribution in [1.82, 2.24) is 30.4 Å². The number of carbonyl (C=O) groups is 2. The van der Waals surface area contributed by atoms with Gasteiger partial charge in [0.25, 0.3) is 0 Å². The van der Waals surface area contributed by atoms with E-state index in [-0.39, 0.29) is 23.9 Å². The molecule has 13 rings (SSSR count). The maximum Gasteiger partial charge on any atom is 0.248 e. The quantitative estimate of drug-likeness (QED) is 0.118. The molecular formula is C68H55N7O2. The van der Waals surface area contributed by atoms with Crippen molar-refractivity contribution in [3.8, 4) is 11.3 Å². The monoisotopic (exact) mass is 1000 g/mol. The summed E-state index contributed by atoms with van der Waals surface area (Å²) in [7, 11) is 0. The van der Waals surface area contributed by atoms with Gasteiger partial charge in [0.15, 0.2) is 0 Å². The number of aromatic nitrogens is 4. The van der Waals surface area contributed by atoms with Crippen LogP contribution in [0.25, 0.3) is 34.3 Å². The van der Waals surface area contributed by atoms with Gasteiger partial charge in [-0.2, -0.15) is 5.10 Å². The first-order valence-electron chi connectivity index (χ1n) is 26.2. The summed E-state index contributed by atoms with van der Waals surface area (Å²) < 4.78 is 2.20. The summed E-state index contributed by atoms with van der Waals surface area (Å²) >= 11 is 0. The number of hydrogen-bond donors (Lipinski definition) is 2. The maximum atomic E-state index is 13.6. The van der Waals surface area contributed by atoms with E-state index in [2.05, 4.69) is 141 Å². The predicted octanol–water partition coefficient (Wildman–Crippen LogP) is 13.0. The molecule has 0 radical (unpaired) electrons. The van der Waals surface area contributed by atoms with Crippen LogP contribution in [0.1, 0.15) is 92.7 Å². The molecule has 0 bridgehead atoms. The Morgan fingerprint density at radius 3 is 1.44 bits per heavy atom. The summed E-state index contributed by atoms with van der Waals surface area (Å²) in [5, 5.41) is 12.9. The summed E-state index contributed by atoms with van der Waals surface area (Å²) in [4.78, 5) is 39.5. The van der Waals surface area contributed by atoms with E-state index in [0.29, 0.717) is 19.4 Å². The average Bonchev–Trinajstić information content (AvgIpc) is 4.47. The van der Waals surface area contributed by atoms with Gasteiger partial charge in [0.05, 0.1) is 29.9 Å². The highest BCUT2D eigenvalue weighted by Gasteiger charge is 2.41. The third kappa shape index (κ3) is 9.37. The van der Waals surface area contributed by atoms with Gasteiger partial charge in [-0.05, 0) is 124 Å². The van der Waals surface area contributed by atoms with E-state index in [4.69, 9.17) is 10.1 Å². The fourth-order valence-electron chi connectivity index (χ4n) is 11.2. The lowest BCUT2D eigenvalue weighted by Gasteiger charge is -2.37. The van der Waals surface area contributed by atoms with E-state index in [0.717, 1.165) is 94.7 Å². The number of rotatable bonds is 12. The van der Waals surface area contributed by atoms with Crippen molar-refractivity contribution in [2.24, 2.45) is 4.99 Å². The van der Waals surface area contributed by atoms with Crippen molar-refractivity contribution in [1.29, 1.82) is 0 Å². The van der Waals surface area contributed by atoms with Crippen LogP contribution >= 0.6 is 0 Å². The second-order valence-corrected chi connectivity index (χ2v) is 19.9. The Morgan fingerprint density at radius 2 is 0.948 bits per heavy atom. The van der Waals surface area contributed by atoms with E-state index in [1.54, 1.807) is 12.4 Å². The Kier molecular flexibility index (Phi) is 13.2. The lowest BCUT2D eigenvalue weighted by Crippen LogP contribution is -2.38. The third-order valence-electron chi connectivity index (χ3n) is 15.1. The van der Waals surface area contributed by atoms with Crippen molar-refractivity contribution in [3.63, 3.8) is 0 Å². The van der Waals surface area contributed by atoms with Gasteiger partial charge in [0, 0.05) is 70.9 Å². The topological polar surface area (TPSA) is 114 Å². The third-order valence-corrected chi connectivity index (χ3v) is 15.1. The van der Waals surface area contributed by atoms with Crippen molar-refractivity contribution < 1.29 is 9.59 Å². The molecule has 0 unspecified atom stereocenters. The summed E-state index contributed by atoms with van der Waals surface area (Å²) in [5.41, 5.74) is 18.0. The molecule has 2 aliphatic carbocycles. The number of pyridine rings is 2. The number of nitrogens with zero attached hydrogens (tertiary/aromatic N) is 5. The molecule has 1 aliphatic heterocycles. The van der Waals surface area contributed by atoms with Gasteiger partial charge in [-0.1, -0.05) is 158 Å². The number of aliphatic imine (C=N–C) groups is 1. The SMILES string of the molecule is C[C@@H](NC(=O)C1=Cc2cc3c(-c4ccncc4)nn(C(c4ccccc4)(c4ccccc4)c4ccccc4)c3cc2C1)c1ccccc1.C[C@@H](NC(=O)C1=Cc2cc3c(cc2C1)CN=C3c1ccncc1)c1ccccc1. The van der Waals surface area contributed by atoms with Crippen LogP contribution in [0.3, 0.4) is 0 Å². The molecule has 0 saturated carbocycles. The predicted molar refractivity (Wildman–Crippen MR) is 307 cm³/mol. The number of amides is 2. The van der Waals surface area contributed by atoms with Gasteiger partial charge >= 0.3 is 0 Å². The van der Waals surface area contributed by atoms with E-state index >= 15 is 0 Å². The van der Waals surface area contributed by atoms with Crippen molar-refractivity contribution in [2.75, 3.05) is 0 Å². The standard InChI is InChI=1S/C43H34N4O.C25H21N3O/c1-30(31-14-6-2-7-15-31)45-42(48)35-26-33-28-39-40(29-34(33)27-35)47(46-41(39)32-22-24-44-25-23-32)43(36-16-8-3-9-17-36,37-18-10-4-11-19-37)38-20-12-5-13-21-38;1-16(17-5-3-2-4-6-17)28-25(29)21-11-19-13-22-15-27-24(18-7-9-26-10-8-18)23(22)14-20(19)12-21/h2-26,28-30H,27H2,1H3,(H,45,48);2-10,12-14,16H,11,15H2,1H3,(H,28,29)/t30-;16-/m11/s1. The molecule has 10 aromatic rings. The second kappa shape index (κ2) is 21.0. The number of fused-ring (bicyclic) bond motifs is 4. The van der Waals surface area contributed by atoms with Crippen LogP contribution in [0.5, 0.6) is 0 Å². The zero-order valence-corrected chi connectivity index (χ0v) is 42.8. The average molecular weight is 1000 g/mol. The Labute approximate surface area is 448 Å². The van der Waals surface area contributed by atoms with Crippen LogP contribution in [0.4, 0.5) is 0 Å². The molecule has 77 heavy (non-hydrogen) atoms. The maximum absolute atomic E-state index is 13.6. The molecule has 0 saturated heterocycles. The van der Waals surface area contributed by atoms with Crippen LogP contribution in [-0.4, -0.2) is 37.3 Å². The molecule has 4 heterocycles. The first kappa shape index (κ1) is 48.3. The molecule has 2 atom stereocenters. The molecule has 374 valence electrons. The lowest BCUT2D eigenvalue weighted by atomic mass is 9.77. The molecule has 0 fully saturated rings. The van der Waals surface area contributed by atoms with Crippen molar-refractivity contribution in [2.45, 2.75) is 50.9 Å². The van der Waals surface area contributed by atoms with Gasteiger partial charge in [-0.15, -0.1) is 0 Å². The molecule has 2 N–H and O–H groups in total. The van der Waals surface area contributed by atoms with E-state index in [9.17, 15) is 9.59 Å². The van der Waals surface area contributed by atoms with Crippen LogP contribution in [-0.2, 0) is 34.5 Å². The Hall–Kier alpha value is -9.60. The van der Waals surface area contributed by atoms with Crippen LogP contribution in [0, 0.1) is 0 Å². The Morgan fingerprint density at radius 1 is 0.506 bits per heavy atom. The van der Waals surface area contributed by atoms with Gasteiger partial charge in [-0.25, -0.2) is 4.68 Å². The molecular weight excluding hydrogens is 947 g/mol. The fourth-order valence-corrected chi connectivity index (χ4v) is 11.2. The smallest absolute Gasteiger partial charge is 0.248 e. The first-order chi connectivity index (χ1) is 37.8. The van der Waals surface area contributed by atoms with Crippen LogP contribution < -0.4 is 10.6 Å². The normalized spacial score (nSPS) is 13.9. The molecule has 7 aromatic carbocycles. The van der Waals surface area contributed by atoms with Crippen LogP contribution in [0.15, 0.2) is 241 Å². The number of benzene rings is 7. The van der Waals surface area contributed by atoms with Gasteiger partial charge in [-0.3, -0.25) is 24.5 Å². The zero-order valence-electron chi connectivity index (χ0n) is 42.8. The summed E-state index contributed by atoms with van der Waals surface area (Å²) in [5.74, 6) is -0.0458. The Balaban J connectivity index is 0.000000175. The molecule has 9 heteroatoms. The minimum Gasteiger partial charge on any atom is -0.346 e. The van der Waals surface area contributed by atoms with Gasteiger partial charge in [0.1, 0.15) is 11.2 Å². The van der Waals surface area contributed by atoms with Gasteiger partial charge in [0.2, 0.25) is 11.8 Å². The van der Waals surface area contributed by atoms with Crippen LogP contribution in [0.2, 0.25) is 0 Å². The Bertz CT molecular complexity index is 3780. The molecule has 2 amide bonds. The van der Waals surface area contributed by atoms with E-state index in [1.807, 2.05) is 123 Å². The zero-order chi connectivity index (χ0) is 52.3. The van der Waals surface area contributed by atoms with Crippen molar-refractivity contribution in [3.05, 3.63) is 303 Å². The summed E-state index contributed by atoms with van der Waals surface area (Å²) in [6.45, 7) is 4.73. The highest BCUT2D eigenvalue weighted by Crippen LogP contribution is 2.45. The first-order valence-corrected chi connectivity index (χ1v) is 26.2. The minimum atomic E-state index is -0.793. The molecule has 3 aromatic heterocycles. The number of nitrogens with one attached hydrogen (secondary N) is 2. The fraction of sp³-hybridized carbons (Fsp3) is 0.118.